The fourth-order valence-electron chi connectivity index (χ4n) is 1.40. The first kappa shape index (κ1) is 11.6. The number of aliphatic hydroxyl groups is 1. The summed E-state index contributed by atoms with van der Waals surface area (Å²) in [5, 5.41) is 9.65. The maximum Gasteiger partial charge on any atom is 0.136 e. The van der Waals surface area contributed by atoms with Crippen LogP contribution in [0.1, 0.15) is 19.4 Å². The van der Waals surface area contributed by atoms with E-state index in [1.807, 2.05) is 50.3 Å². The highest BCUT2D eigenvalue weighted by atomic mass is 16.3. The van der Waals surface area contributed by atoms with Crippen LogP contribution in [0.2, 0.25) is 0 Å². The summed E-state index contributed by atoms with van der Waals surface area (Å²) in [4.78, 5) is 0. The van der Waals surface area contributed by atoms with E-state index in [0.29, 0.717) is 0 Å². The molecule has 0 heterocycles. The Kier molecular flexibility index (Phi) is 4.15. The molecule has 0 saturated heterocycles. The van der Waals surface area contributed by atoms with Crippen molar-refractivity contribution in [3.63, 3.8) is 0 Å². The van der Waals surface area contributed by atoms with Gasteiger partial charge in [0.25, 0.3) is 0 Å². The average Bonchev–Trinajstić information content (AvgIpc) is 2.26. The van der Waals surface area contributed by atoms with Gasteiger partial charge >= 0.3 is 0 Å². The van der Waals surface area contributed by atoms with E-state index in [4.69, 9.17) is 6.42 Å². The number of rotatable bonds is 3. The van der Waals surface area contributed by atoms with Gasteiger partial charge in [-0.05, 0) is 17.1 Å². The molecule has 0 spiro atoms. The Morgan fingerprint density at radius 2 is 1.93 bits per heavy atom. The van der Waals surface area contributed by atoms with Crippen molar-refractivity contribution in [1.29, 1.82) is 0 Å². The summed E-state index contributed by atoms with van der Waals surface area (Å²) in [6, 6.07) is 9.87. The summed E-state index contributed by atoms with van der Waals surface area (Å²) in [7, 11) is 0. The molecule has 1 aromatic carbocycles. The van der Waals surface area contributed by atoms with Crippen molar-refractivity contribution in [2.75, 3.05) is 0 Å². The normalized spacial score (nSPS) is 13.7. The van der Waals surface area contributed by atoms with Gasteiger partial charge in [-0.2, -0.15) is 0 Å². The van der Waals surface area contributed by atoms with Crippen molar-refractivity contribution in [3.8, 4) is 12.3 Å². The largest absolute Gasteiger partial charge is 0.376 e. The Bertz CT molecular complexity index is 368. The Hall–Kier alpha value is -1.52. The predicted molar refractivity (Wildman–Crippen MR) is 64.1 cm³/mol. The maximum atomic E-state index is 9.65. The van der Waals surface area contributed by atoms with E-state index in [1.165, 1.54) is 0 Å². The molecular weight excluding hydrogens is 184 g/mol. The van der Waals surface area contributed by atoms with E-state index in [2.05, 4.69) is 5.92 Å². The number of terminal acetylenes is 1. The third kappa shape index (κ3) is 3.27. The van der Waals surface area contributed by atoms with Crippen molar-refractivity contribution in [2.24, 2.45) is 5.92 Å². The maximum absolute atomic E-state index is 9.65. The van der Waals surface area contributed by atoms with Crippen LogP contribution in [0.4, 0.5) is 0 Å². The third-order valence-electron chi connectivity index (χ3n) is 2.27. The minimum Gasteiger partial charge on any atom is -0.376 e. The molecule has 0 aliphatic heterocycles. The van der Waals surface area contributed by atoms with Crippen molar-refractivity contribution in [2.45, 2.75) is 20.0 Å². The Labute approximate surface area is 91.5 Å². The lowest BCUT2D eigenvalue weighted by Crippen LogP contribution is -2.12. The topological polar surface area (TPSA) is 20.2 Å². The van der Waals surface area contributed by atoms with Crippen LogP contribution >= 0.6 is 0 Å². The van der Waals surface area contributed by atoms with Gasteiger partial charge in [0.15, 0.2) is 0 Å². The first-order valence-electron chi connectivity index (χ1n) is 5.06. The predicted octanol–water partition coefficient (Wildman–Crippen LogP) is 2.72. The molecule has 0 amide bonds. The molecule has 0 aliphatic rings. The standard InChI is InChI=1S/C14H16O/c1-4-14(15)13(11(2)3)10-12-8-6-5-7-9-12/h1,5-11,14-15H,2-3H3. The number of benzene rings is 1. The van der Waals surface area contributed by atoms with Crippen LogP contribution in [-0.4, -0.2) is 11.2 Å². The van der Waals surface area contributed by atoms with Gasteiger partial charge in [0.1, 0.15) is 6.10 Å². The van der Waals surface area contributed by atoms with Crippen molar-refractivity contribution < 1.29 is 5.11 Å². The molecule has 0 aliphatic carbocycles. The van der Waals surface area contributed by atoms with E-state index < -0.39 is 6.10 Å². The van der Waals surface area contributed by atoms with Crippen LogP contribution in [0, 0.1) is 18.3 Å². The van der Waals surface area contributed by atoms with Crippen molar-refractivity contribution in [1.82, 2.24) is 0 Å². The smallest absolute Gasteiger partial charge is 0.136 e. The second kappa shape index (κ2) is 5.38. The second-order valence-corrected chi connectivity index (χ2v) is 3.78. The SMILES string of the molecule is C#CC(O)C(=Cc1ccccc1)C(C)C. The molecule has 1 aromatic rings. The molecule has 1 rings (SSSR count). The molecule has 0 bridgehead atoms. The Morgan fingerprint density at radius 1 is 1.33 bits per heavy atom. The fourth-order valence-corrected chi connectivity index (χ4v) is 1.40. The minimum atomic E-state index is -0.787. The molecule has 78 valence electrons. The van der Waals surface area contributed by atoms with Gasteiger partial charge in [0.2, 0.25) is 0 Å². The summed E-state index contributed by atoms with van der Waals surface area (Å²) in [5.41, 5.74) is 1.94. The molecule has 1 heteroatoms. The van der Waals surface area contributed by atoms with Gasteiger partial charge in [0.05, 0.1) is 0 Å². The lowest BCUT2D eigenvalue weighted by Gasteiger charge is -2.13. The van der Waals surface area contributed by atoms with Crippen LogP contribution in [-0.2, 0) is 0 Å². The molecule has 0 aromatic heterocycles. The molecule has 0 fully saturated rings. The number of hydrogen-bond donors (Lipinski definition) is 1. The third-order valence-corrected chi connectivity index (χ3v) is 2.27. The lowest BCUT2D eigenvalue weighted by molar-refractivity contribution is 0.258. The van der Waals surface area contributed by atoms with Crippen molar-refractivity contribution in [3.05, 3.63) is 41.5 Å². The summed E-state index contributed by atoms with van der Waals surface area (Å²) in [6.07, 6.45) is 6.39. The lowest BCUT2D eigenvalue weighted by atomic mass is 9.95. The average molecular weight is 200 g/mol. The van der Waals surface area contributed by atoms with Crippen LogP contribution in [0.3, 0.4) is 0 Å². The zero-order valence-corrected chi connectivity index (χ0v) is 9.14. The van der Waals surface area contributed by atoms with E-state index in [-0.39, 0.29) is 5.92 Å². The summed E-state index contributed by atoms with van der Waals surface area (Å²) >= 11 is 0. The number of aliphatic hydroxyl groups excluding tert-OH is 1. The molecular formula is C14H16O. The van der Waals surface area contributed by atoms with Crippen molar-refractivity contribution >= 4 is 6.08 Å². The summed E-state index contributed by atoms with van der Waals surface area (Å²) in [6.45, 7) is 4.05. The molecule has 1 N–H and O–H groups in total. The highest BCUT2D eigenvalue weighted by Crippen LogP contribution is 2.18. The first-order chi connectivity index (χ1) is 7.15. The van der Waals surface area contributed by atoms with Gasteiger partial charge in [-0.15, -0.1) is 6.42 Å². The first-order valence-corrected chi connectivity index (χ1v) is 5.06. The van der Waals surface area contributed by atoms with E-state index >= 15 is 0 Å². The Morgan fingerprint density at radius 3 is 2.40 bits per heavy atom. The van der Waals surface area contributed by atoms with Crippen LogP contribution < -0.4 is 0 Å². The zero-order chi connectivity index (χ0) is 11.3. The van der Waals surface area contributed by atoms with Gasteiger partial charge in [0, 0.05) is 0 Å². The molecule has 1 nitrogen and oxygen atoms in total. The molecule has 1 atom stereocenters. The monoisotopic (exact) mass is 200 g/mol. The van der Waals surface area contributed by atoms with Gasteiger partial charge < -0.3 is 5.11 Å². The molecule has 15 heavy (non-hydrogen) atoms. The van der Waals surface area contributed by atoms with Crippen LogP contribution in [0.15, 0.2) is 35.9 Å². The summed E-state index contributed by atoms with van der Waals surface area (Å²) < 4.78 is 0. The highest BCUT2D eigenvalue weighted by molar-refractivity contribution is 5.55. The van der Waals surface area contributed by atoms with Gasteiger partial charge in [-0.1, -0.05) is 56.2 Å². The van der Waals surface area contributed by atoms with E-state index in [1.54, 1.807) is 0 Å². The fraction of sp³-hybridized carbons (Fsp3) is 0.286. The molecule has 0 saturated carbocycles. The van der Waals surface area contributed by atoms with Crippen LogP contribution in [0.25, 0.3) is 6.08 Å². The van der Waals surface area contributed by atoms with Crippen LogP contribution in [0.5, 0.6) is 0 Å². The second-order valence-electron chi connectivity index (χ2n) is 3.78. The minimum absolute atomic E-state index is 0.247. The summed E-state index contributed by atoms with van der Waals surface area (Å²) in [5.74, 6) is 2.60. The zero-order valence-electron chi connectivity index (χ0n) is 9.14. The van der Waals surface area contributed by atoms with E-state index in [0.717, 1.165) is 11.1 Å². The molecule has 0 radical (unpaired) electrons. The van der Waals surface area contributed by atoms with E-state index in [9.17, 15) is 5.11 Å². The quantitative estimate of drug-likeness (QED) is 0.744. The highest BCUT2D eigenvalue weighted by Gasteiger charge is 2.11. The number of hydrogen-bond acceptors (Lipinski definition) is 1. The Balaban J connectivity index is 3.01. The van der Waals surface area contributed by atoms with Gasteiger partial charge in [-0.3, -0.25) is 0 Å². The molecule has 1 unspecified atom stereocenters. The van der Waals surface area contributed by atoms with Gasteiger partial charge in [-0.25, -0.2) is 0 Å².